The van der Waals surface area contributed by atoms with Crippen LogP contribution in [0.3, 0.4) is 0 Å². The van der Waals surface area contributed by atoms with Crippen molar-refractivity contribution in [2.75, 3.05) is 6.54 Å². The number of H-pyrrole nitrogens is 1. The summed E-state index contributed by atoms with van der Waals surface area (Å²) in [4.78, 5) is 15.7. The number of carbonyl (C=O) groups excluding carboxylic acids is 1. The maximum atomic E-state index is 12.6. The number of carbonyl (C=O) groups is 1. The Bertz CT molecular complexity index is 1330. The Morgan fingerprint density at radius 1 is 0.972 bits per heavy atom. The molecule has 8 nitrogen and oxygen atoms in total. The zero-order valence-corrected chi connectivity index (χ0v) is 20.0. The molecule has 0 unspecified atom stereocenters. The molecular formula is C28H31N3O5. The van der Waals surface area contributed by atoms with Crippen molar-refractivity contribution < 1.29 is 25.2 Å². The van der Waals surface area contributed by atoms with Crippen LogP contribution in [0.1, 0.15) is 45.8 Å². The first-order valence-electron chi connectivity index (χ1n) is 11.8. The zero-order chi connectivity index (χ0) is 25.7. The van der Waals surface area contributed by atoms with Crippen LogP contribution >= 0.6 is 0 Å². The van der Waals surface area contributed by atoms with E-state index in [1.165, 1.54) is 6.07 Å². The molecule has 188 valence electrons. The van der Waals surface area contributed by atoms with Gasteiger partial charge in [0.25, 0.3) is 5.91 Å². The van der Waals surface area contributed by atoms with E-state index < -0.39 is 6.10 Å². The average molecular weight is 490 g/mol. The molecule has 0 bridgehead atoms. The predicted molar refractivity (Wildman–Crippen MR) is 138 cm³/mol. The number of aromatic nitrogens is 1. The van der Waals surface area contributed by atoms with Crippen molar-refractivity contribution in [3.63, 3.8) is 0 Å². The molecule has 0 fully saturated rings. The highest BCUT2D eigenvalue weighted by Crippen LogP contribution is 2.23. The Morgan fingerprint density at radius 2 is 1.72 bits per heavy atom. The van der Waals surface area contributed by atoms with Crippen molar-refractivity contribution in [1.82, 2.24) is 15.6 Å². The minimum atomic E-state index is -0.770. The Hall–Kier alpha value is -3.85. The lowest BCUT2D eigenvalue weighted by Crippen LogP contribution is -2.32. The number of rotatable bonds is 10. The van der Waals surface area contributed by atoms with Gasteiger partial charge in [0.1, 0.15) is 17.2 Å². The third-order valence-electron chi connectivity index (χ3n) is 6.18. The first-order valence-corrected chi connectivity index (χ1v) is 11.8. The summed E-state index contributed by atoms with van der Waals surface area (Å²) in [6.07, 6.45) is -0.0404. The highest BCUT2D eigenvalue weighted by atomic mass is 16.3. The van der Waals surface area contributed by atoms with Gasteiger partial charge in [0.05, 0.1) is 12.7 Å². The van der Waals surface area contributed by atoms with Crippen molar-refractivity contribution in [1.29, 1.82) is 0 Å². The Kier molecular flexibility index (Phi) is 7.90. The molecule has 7 N–H and O–H groups in total. The van der Waals surface area contributed by atoms with Crippen molar-refractivity contribution in [2.24, 2.45) is 0 Å². The number of hydrogen-bond acceptors (Lipinski definition) is 6. The van der Waals surface area contributed by atoms with Crippen molar-refractivity contribution in [2.45, 2.75) is 38.6 Å². The molecule has 4 aromatic rings. The van der Waals surface area contributed by atoms with Gasteiger partial charge < -0.3 is 36.0 Å². The molecule has 1 amide bonds. The van der Waals surface area contributed by atoms with Crippen molar-refractivity contribution >= 4 is 16.8 Å². The molecule has 2 atom stereocenters. The third-order valence-corrected chi connectivity index (χ3v) is 6.18. The Balaban J connectivity index is 1.32. The number of phenolic OH excluding ortho intramolecular Hbond substituents is 1. The maximum Gasteiger partial charge on any atom is 0.267 e. The summed E-state index contributed by atoms with van der Waals surface area (Å²) in [5, 5.41) is 46.0. The second-order valence-electron chi connectivity index (χ2n) is 9.03. The number of aromatic hydroxyl groups is 2. The Labute approximate surface area is 209 Å². The fraction of sp³-hybridized carbons (Fsp3) is 0.250. The van der Waals surface area contributed by atoms with Crippen LogP contribution in [0, 0.1) is 0 Å². The molecule has 0 aliphatic heterocycles. The summed E-state index contributed by atoms with van der Waals surface area (Å²) in [6, 6.07) is 19.3. The van der Waals surface area contributed by atoms with Crippen LogP contribution in [0.25, 0.3) is 10.9 Å². The molecule has 0 aliphatic carbocycles. The van der Waals surface area contributed by atoms with E-state index in [2.05, 4.69) is 15.6 Å². The van der Waals surface area contributed by atoms with Crippen molar-refractivity contribution in [3.8, 4) is 11.5 Å². The van der Waals surface area contributed by atoms with Crippen LogP contribution in [-0.4, -0.2) is 43.9 Å². The summed E-state index contributed by atoms with van der Waals surface area (Å²) >= 11 is 0. The highest BCUT2D eigenvalue weighted by Gasteiger charge is 2.14. The molecule has 1 aromatic heterocycles. The molecule has 0 saturated carbocycles. The smallest absolute Gasteiger partial charge is 0.267 e. The normalized spacial score (nSPS) is 13.0. The summed E-state index contributed by atoms with van der Waals surface area (Å²) in [5.74, 6) is -0.0116. The van der Waals surface area contributed by atoms with E-state index in [0.717, 1.165) is 28.5 Å². The second kappa shape index (κ2) is 11.3. The SMILES string of the molecule is C[C@H](Cc1ccc2[nH]c(C(=O)NCc3ccc(O)cc3)cc2c1)NC[C@H](O)c1ccc(O)c(CO)c1. The van der Waals surface area contributed by atoms with E-state index in [4.69, 9.17) is 0 Å². The number of phenols is 2. The average Bonchev–Trinajstić information content (AvgIpc) is 3.30. The molecule has 1 heterocycles. The van der Waals surface area contributed by atoms with Gasteiger partial charge in [-0.05, 0) is 72.5 Å². The first kappa shape index (κ1) is 25.2. The van der Waals surface area contributed by atoms with Gasteiger partial charge in [-0.1, -0.05) is 24.3 Å². The molecule has 0 saturated heterocycles. The van der Waals surface area contributed by atoms with Gasteiger partial charge >= 0.3 is 0 Å². The van der Waals surface area contributed by atoms with Crippen LogP contribution in [-0.2, 0) is 19.6 Å². The first-order chi connectivity index (χ1) is 17.3. The quantitative estimate of drug-likeness (QED) is 0.183. The molecule has 0 spiro atoms. The van der Waals surface area contributed by atoms with Crippen LogP contribution in [0.15, 0.2) is 66.7 Å². The van der Waals surface area contributed by atoms with Crippen LogP contribution in [0.2, 0.25) is 0 Å². The summed E-state index contributed by atoms with van der Waals surface area (Å²) in [5.41, 5.74) is 4.35. The number of benzene rings is 3. The maximum absolute atomic E-state index is 12.6. The number of hydrogen-bond donors (Lipinski definition) is 7. The van der Waals surface area contributed by atoms with Gasteiger partial charge in [-0.15, -0.1) is 0 Å². The number of aromatic amines is 1. The number of nitrogens with one attached hydrogen (secondary N) is 3. The number of aliphatic hydroxyl groups excluding tert-OH is 2. The lowest BCUT2D eigenvalue weighted by molar-refractivity contribution is 0.0946. The Morgan fingerprint density at radius 3 is 2.47 bits per heavy atom. The van der Waals surface area contributed by atoms with E-state index in [-0.39, 0.29) is 30.1 Å². The minimum Gasteiger partial charge on any atom is -0.508 e. The minimum absolute atomic E-state index is 0.00732. The number of amides is 1. The standard InChI is InChI=1S/C28H31N3O5/c1-17(29-15-27(35)20-5-9-26(34)22(12-20)16-32)10-19-4-8-24-21(11-19)13-25(31-24)28(36)30-14-18-2-6-23(33)7-3-18/h2-9,11-13,17,27,29,31-35H,10,14-16H2,1H3,(H,30,36)/t17-,27+/m1/s1. The van der Waals surface area contributed by atoms with Crippen LogP contribution in [0.5, 0.6) is 11.5 Å². The zero-order valence-electron chi connectivity index (χ0n) is 20.0. The molecule has 8 heteroatoms. The second-order valence-corrected chi connectivity index (χ2v) is 9.03. The van der Waals surface area contributed by atoms with Gasteiger partial charge in [-0.2, -0.15) is 0 Å². The van der Waals surface area contributed by atoms with Crippen LogP contribution < -0.4 is 10.6 Å². The summed E-state index contributed by atoms with van der Waals surface area (Å²) in [7, 11) is 0. The third kappa shape index (κ3) is 6.23. The predicted octanol–water partition coefficient (Wildman–Crippen LogP) is 3.26. The van der Waals surface area contributed by atoms with E-state index in [9.17, 15) is 25.2 Å². The molecule has 3 aromatic carbocycles. The van der Waals surface area contributed by atoms with E-state index in [0.29, 0.717) is 29.9 Å². The fourth-order valence-corrected chi connectivity index (χ4v) is 4.12. The number of aliphatic hydroxyl groups is 2. The van der Waals surface area contributed by atoms with Gasteiger partial charge in [0, 0.05) is 35.6 Å². The monoisotopic (exact) mass is 489 g/mol. The highest BCUT2D eigenvalue weighted by molar-refractivity contribution is 5.98. The fourth-order valence-electron chi connectivity index (χ4n) is 4.12. The van der Waals surface area contributed by atoms with Gasteiger partial charge in [0.15, 0.2) is 0 Å². The molecule has 4 rings (SSSR count). The van der Waals surface area contributed by atoms with Gasteiger partial charge in [-0.25, -0.2) is 0 Å². The van der Waals surface area contributed by atoms with E-state index in [1.54, 1.807) is 36.4 Å². The molecule has 36 heavy (non-hydrogen) atoms. The van der Waals surface area contributed by atoms with E-state index in [1.807, 2.05) is 31.2 Å². The number of fused-ring (bicyclic) bond motifs is 1. The topological polar surface area (TPSA) is 138 Å². The van der Waals surface area contributed by atoms with E-state index >= 15 is 0 Å². The molecule has 0 radical (unpaired) electrons. The largest absolute Gasteiger partial charge is 0.508 e. The molecular weight excluding hydrogens is 458 g/mol. The van der Waals surface area contributed by atoms with Gasteiger partial charge in [-0.3, -0.25) is 4.79 Å². The van der Waals surface area contributed by atoms with Crippen LogP contribution in [0.4, 0.5) is 0 Å². The lowest BCUT2D eigenvalue weighted by atomic mass is 10.0. The summed E-state index contributed by atoms with van der Waals surface area (Å²) in [6.45, 7) is 2.43. The lowest BCUT2D eigenvalue weighted by Gasteiger charge is -2.18. The summed E-state index contributed by atoms with van der Waals surface area (Å²) < 4.78 is 0. The molecule has 0 aliphatic rings. The van der Waals surface area contributed by atoms with Gasteiger partial charge in [0.2, 0.25) is 0 Å². The van der Waals surface area contributed by atoms with Crippen molar-refractivity contribution in [3.05, 3.63) is 94.7 Å².